The Morgan fingerprint density at radius 2 is 2.17 bits per heavy atom. The molecule has 2 saturated carbocycles. The van der Waals surface area contributed by atoms with E-state index in [9.17, 15) is 9.59 Å². The van der Waals surface area contributed by atoms with Crippen molar-refractivity contribution in [3.05, 3.63) is 20.7 Å². The fourth-order valence-electron chi connectivity index (χ4n) is 4.25. The topological polar surface area (TPSA) is 60.3 Å². The average molecular weight is 338 g/mol. The summed E-state index contributed by atoms with van der Waals surface area (Å²) in [5, 5.41) is 4.98. The van der Waals surface area contributed by atoms with Crippen LogP contribution in [0.5, 0.6) is 0 Å². The molecule has 128 valence electrons. The number of rotatable bonds is 5. The minimum atomic E-state index is -0.0640. The lowest BCUT2D eigenvalue weighted by Gasteiger charge is -2.57. The second kappa shape index (κ2) is 6.77. The fourth-order valence-corrected chi connectivity index (χ4v) is 4.98. The second-order valence-electron chi connectivity index (χ2n) is 6.82. The summed E-state index contributed by atoms with van der Waals surface area (Å²) in [6.45, 7) is 4.76. The van der Waals surface area contributed by atoms with E-state index in [1.54, 1.807) is 9.95 Å². The van der Waals surface area contributed by atoms with Crippen molar-refractivity contribution in [1.82, 2.24) is 9.88 Å². The van der Waals surface area contributed by atoms with E-state index < -0.39 is 0 Å². The number of carbonyl (C=O) groups is 1. The van der Waals surface area contributed by atoms with E-state index in [-0.39, 0.29) is 34.9 Å². The third-order valence-electron chi connectivity index (χ3n) is 5.55. The summed E-state index contributed by atoms with van der Waals surface area (Å²) in [5.41, 5.74) is 0.974. The zero-order chi connectivity index (χ0) is 16.4. The van der Waals surface area contributed by atoms with Crippen LogP contribution in [0, 0.1) is 12.3 Å². The molecule has 0 aliphatic heterocycles. The number of ether oxygens (including phenoxy) is 1. The zero-order valence-corrected chi connectivity index (χ0v) is 14.8. The highest BCUT2D eigenvalue weighted by molar-refractivity contribution is 7.07. The van der Waals surface area contributed by atoms with Crippen molar-refractivity contribution < 1.29 is 9.53 Å². The zero-order valence-electron chi connectivity index (χ0n) is 14.0. The predicted octanol–water partition coefficient (Wildman–Crippen LogP) is 2.46. The van der Waals surface area contributed by atoms with Gasteiger partial charge in [0.15, 0.2) is 0 Å². The molecule has 1 amide bonds. The Hall–Kier alpha value is -1.14. The molecule has 1 heterocycles. The Balaban J connectivity index is 1.65. The van der Waals surface area contributed by atoms with E-state index in [1.165, 1.54) is 19.3 Å². The average Bonchev–Trinajstić information content (AvgIpc) is 2.86. The Morgan fingerprint density at radius 1 is 1.43 bits per heavy atom. The molecular formula is C17H26N2O3S. The van der Waals surface area contributed by atoms with Crippen LogP contribution >= 0.6 is 11.3 Å². The minimum Gasteiger partial charge on any atom is -0.378 e. The van der Waals surface area contributed by atoms with Gasteiger partial charge in [0.25, 0.3) is 0 Å². The first-order chi connectivity index (χ1) is 11.1. The highest BCUT2D eigenvalue weighted by Crippen LogP contribution is 2.53. The third-order valence-corrected chi connectivity index (χ3v) is 6.43. The van der Waals surface area contributed by atoms with E-state index in [4.69, 9.17) is 4.74 Å². The Bertz CT molecular complexity index is 616. The molecule has 23 heavy (non-hydrogen) atoms. The summed E-state index contributed by atoms with van der Waals surface area (Å²) in [4.78, 5) is 24.1. The van der Waals surface area contributed by atoms with Crippen LogP contribution in [0.4, 0.5) is 0 Å². The van der Waals surface area contributed by atoms with Crippen LogP contribution in [0.2, 0.25) is 0 Å². The summed E-state index contributed by atoms with van der Waals surface area (Å²) < 4.78 is 7.47. The number of thiazole rings is 1. The molecule has 5 nitrogen and oxygen atoms in total. The number of hydrogen-bond acceptors (Lipinski definition) is 4. The molecule has 3 rings (SSSR count). The molecule has 1 aromatic heterocycles. The van der Waals surface area contributed by atoms with Gasteiger partial charge in [-0.25, -0.2) is 0 Å². The van der Waals surface area contributed by atoms with Gasteiger partial charge >= 0.3 is 4.87 Å². The van der Waals surface area contributed by atoms with Crippen LogP contribution in [0.25, 0.3) is 0 Å². The number of nitrogens with one attached hydrogen (secondary N) is 1. The van der Waals surface area contributed by atoms with Crippen molar-refractivity contribution in [2.45, 2.75) is 71.1 Å². The smallest absolute Gasteiger partial charge is 0.307 e. The summed E-state index contributed by atoms with van der Waals surface area (Å²) in [7, 11) is 0. The van der Waals surface area contributed by atoms with Gasteiger partial charge in [0.2, 0.25) is 5.91 Å². The van der Waals surface area contributed by atoms with Crippen LogP contribution < -0.4 is 10.2 Å². The van der Waals surface area contributed by atoms with Crippen molar-refractivity contribution in [1.29, 1.82) is 0 Å². The molecule has 2 aliphatic rings. The number of amides is 1. The Kier molecular flexibility index (Phi) is 4.92. The Morgan fingerprint density at radius 3 is 2.78 bits per heavy atom. The number of carbonyl (C=O) groups excluding carboxylic acids is 1. The number of nitrogens with zero attached hydrogens (tertiary/aromatic N) is 1. The lowest BCUT2D eigenvalue weighted by atomic mass is 9.55. The lowest BCUT2D eigenvalue weighted by molar-refractivity contribution is -0.157. The molecular weight excluding hydrogens is 312 g/mol. The van der Waals surface area contributed by atoms with Gasteiger partial charge in [0.1, 0.15) is 6.54 Å². The van der Waals surface area contributed by atoms with Crippen LogP contribution in [-0.4, -0.2) is 29.2 Å². The maximum atomic E-state index is 12.4. The minimum absolute atomic E-state index is 0.0569. The van der Waals surface area contributed by atoms with E-state index >= 15 is 0 Å². The molecule has 2 fully saturated rings. The van der Waals surface area contributed by atoms with Crippen LogP contribution in [0.3, 0.4) is 0 Å². The van der Waals surface area contributed by atoms with Crippen molar-refractivity contribution in [3.63, 3.8) is 0 Å². The van der Waals surface area contributed by atoms with Gasteiger partial charge in [-0.2, -0.15) is 0 Å². The van der Waals surface area contributed by atoms with E-state index in [2.05, 4.69) is 5.32 Å². The molecule has 2 atom stereocenters. The summed E-state index contributed by atoms with van der Waals surface area (Å²) in [5.74, 6) is -0.0569. The SMILES string of the molecule is CCOC1CC(NC(=O)Cn2c(C)csc2=O)C12CCCCC2. The first kappa shape index (κ1) is 16.7. The number of hydrogen-bond donors (Lipinski definition) is 1. The normalized spacial score (nSPS) is 26.0. The molecule has 1 aromatic rings. The van der Waals surface area contributed by atoms with Crippen molar-refractivity contribution in [3.8, 4) is 0 Å². The second-order valence-corrected chi connectivity index (χ2v) is 7.64. The molecule has 0 saturated heterocycles. The first-order valence-electron chi connectivity index (χ1n) is 8.62. The van der Waals surface area contributed by atoms with Crippen molar-refractivity contribution in [2.24, 2.45) is 5.41 Å². The highest BCUT2D eigenvalue weighted by atomic mass is 32.1. The number of aromatic nitrogens is 1. The van der Waals surface area contributed by atoms with E-state index in [0.29, 0.717) is 0 Å². The maximum Gasteiger partial charge on any atom is 0.307 e. The van der Waals surface area contributed by atoms with Gasteiger partial charge in [0, 0.05) is 29.1 Å². The summed E-state index contributed by atoms with van der Waals surface area (Å²) >= 11 is 1.15. The van der Waals surface area contributed by atoms with Crippen LogP contribution in [-0.2, 0) is 16.1 Å². The molecule has 0 aromatic carbocycles. The molecule has 6 heteroatoms. The van der Waals surface area contributed by atoms with Gasteiger partial charge in [-0.1, -0.05) is 30.6 Å². The van der Waals surface area contributed by atoms with Gasteiger partial charge in [-0.05, 0) is 33.1 Å². The van der Waals surface area contributed by atoms with E-state index in [0.717, 1.165) is 42.9 Å². The monoisotopic (exact) mass is 338 g/mol. The number of aryl methyl sites for hydroxylation is 1. The van der Waals surface area contributed by atoms with Crippen LogP contribution in [0.15, 0.2) is 10.2 Å². The summed E-state index contributed by atoms with van der Waals surface area (Å²) in [6.07, 6.45) is 7.18. The van der Waals surface area contributed by atoms with Crippen LogP contribution in [0.1, 0.15) is 51.1 Å². The summed E-state index contributed by atoms with van der Waals surface area (Å²) in [6, 6.07) is 0.196. The third kappa shape index (κ3) is 3.11. The molecule has 0 radical (unpaired) electrons. The van der Waals surface area contributed by atoms with Gasteiger partial charge in [-0.15, -0.1) is 0 Å². The molecule has 1 spiro atoms. The maximum absolute atomic E-state index is 12.4. The first-order valence-corrected chi connectivity index (χ1v) is 9.50. The largest absolute Gasteiger partial charge is 0.378 e. The van der Waals surface area contributed by atoms with Crippen molar-refractivity contribution in [2.75, 3.05) is 6.61 Å². The van der Waals surface area contributed by atoms with E-state index in [1.807, 2.05) is 13.8 Å². The highest BCUT2D eigenvalue weighted by Gasteiger charge is 2.56. The Labute approximate surface area is 141 Å². The lowest BCUT2D eigenvalue weighted by Crippen LogP contribution is -2.65. The van der Waals surface area contributed by atoms with Crippen molar-refractivity contribution >= 4 is 17.2 Å². The molecule has 0 bridgehead atoms. The van der Waals surface area contributed by atoms with Gasteiger partial charge < -0.3 is 10.1 Å². The van der Waals surface area contributed by atoms with Gasteiger partial charge in [0.05, 0.1) is 6.10 Å². The molecule has 2 aliphatic carbocycles. The molecule has 2 unspecified atom stereocenters. The molecule has 1 N–H and O–H groups in total. The predicted molar refractivity (Wildman–Crippen MR) is 90.8 cm³/mol. The standard InChI is InChI=1S/C17H26N2O3S/c1-3-22-14-9-13(17(14)7-5-4-6-8-17)18-15(20)10-19-12(2)11-23-16(19)21/h11,13-14H,3-10H2,1-2H3,(H,18,20). The quantitative estimate of drug-likeness (QED) is 0.897. The van der Waals surface area contributed by atoms with Gasteiger partial charge in [-0.3, -0.25) is 14.2 Å². The fraction of sp³-hybridized carbons (Fsp3) is 0.765.